The minimum absolute atomic E-state index is 0.143. The standard InChI is InChI=1S/C7H13NO/c1-2-5-3-6(5)4-7(8)9/h5-6H,2-4H2,1H3,(H2,8,9)/t5-,6-/m1/s1. The molecule has 1 saturated carbocycles. The lowest BCUT2D eigenvalue weighted by Gasteiger charge is -1.90. The van der Waals surface area contributed by atoms with E-state index in [1.165, 1.54) is 12.8 Å². The van der Waals surface area contributed by atoms with Crippen molar-refractivity contribution in [2.75, 3.05) is 0 Å². The second-order valence-corrected chi connectivity index (χ2v) is 2.83. The second-order valence-electron chi connectivity index (χ2n) is 2.83. The van der Waals surface area contributed by atoms with Gasteiger partial charge in [0.05, 0.1) is 0 Å². The van der Waals surface area contributed by atoms with E-state index in [2.05, 4.69) is 6.92 Å². The molecule has 0 aromatic carbocycles. The third-order valence-electron chi connectivity index (χ3n) is 2.06. The molecular formula is C7H13NO. The number of primary amides is 1. The summed E-state index contributed by atoms with van der Waals surface area (Å²) in [6.07, 6.45) is 3.04. The van der Waals surface area contributed by atoms with E-state index in [0.29, 0.717) is 12.3 Å². The molecule has 0 heterocycles. The Morgan fingerprint density at radius 1 is 1.67 bits per heavy atom. The maximum atomic E-state index is 10.3. The van der Waals surface area contributed by atoms with Crippen LogP contribution in [0.5, 0.6) is 0 Å². The van der Waals surface area contributed by atoms with Crippen LogP contribution in [0.15, 0.2) is 0 Å². The van der Waals surface area contributed by atoms with Gasteiger partial charge in [-0.05, 0) is 18.3 Å². The van der Waals surface area contributed by atoms with Gasteiger partial charge in [0.15, 0.2) is 0 Å². The third kappa shape index (κ3) is 1.70. The van der Waals surface area contributed by atoms with Gasteiger partial charge in [-0.25, -0.2) is 0 Å². The Balaban J connectivity index is 2.12. The molecule has 0 aromatic rings. The van der Waals surface area contributed by atoms with Gasteiger partial charge in [0, 0.05) is 6.42 Å². The van der Waals surface area contributed by atoms with Crippen LogP contribution in [0, 0.1) is 11.8 Å². The molecule has 0 aromatic heterocycles. The van der Waals surface area contributed by atoms with E-state index in [4.69, 9.17) is 5.73 Å². The van der Waals surface area contributed by atoms with Crippen molar-refractivity contribution in [1.29, 1.82) is 0 Å². The Labute approximate surface area is 55.4 Å². The van der Waals surface area contributed by atoms with Gasteiger partial charge in [0.1, 0.15) is 0 Å². The van der Waals surface area contributed by atoms with Gasteiger partial charge < -0.3 is 5.73 Å². The number of hydrogen-bond donors (Lipinski definition) is 1. The molecule has 0 saturated heterocycles. The topological polar surface area (TPSA) is 43.1 Å². The van der Waals surface area contributed by atoms with E-state index in [1.54, 1.807) is 0 Å². The van der Waals surface area contributed by atoms with Crippen molar-refractivity contribution in [3.05, 3.63) is 0 Å². The summed E-state index contributed by atoms with van der Waals surface area (Å²) in [5.41, 5.74) is 5.01. The summed E-state index contributed by atoms with van der Waals surface area (Å²) in [5.74, 6) is 1.29. The first-order valence-corrected chi connectivity index (χ1v) is 3.52. The minimum atomic E-state index is -0.143. The van der Waals surface area contributed by atoms with E-state index >= 15 is 0 Å². The van der Waals surface area contributed by atoms with E-state index in [9.17, 15) is 4.79 Å². The highest BCUT2D eigenvalue weighted by Crippen LogP contribution is 2.43. The molecule has 2 heteroatoms. The minimum Gasteiger partial charge on any atom is -0.370 e. The van der Waals surface area contributed by atoms with E-state index in [0.717, 1.165) is 5.92 Å². The normalized spacial score (nSPS) is 32.1. The second kappa shape index (κ2) is 2.38. The van der Waals surface area contributed by atoms with Gasteiger partial charge in [-0.1, -0.05) is 13.3 Å². The van der Waals surface area contributed by atoms with Gasteiger partial charge in [0.25, 0.3) is 0 Å². The van der Waals surface area contributed by atoms with Crippen LogP contribution < -0.4 is 5.73 Å². The molecule has 0 radical (unpaired) electrons. The molecule has 1 rings (SSSR count). The molecule has 0 unspecified atom stereocenters. The predicted molar refractivity (Wildman–Crippen MR) is 35.7 cm³/mol. The molecule has 2 atom stereocenters. The Kier molecular flexibility index (Phi) is 1.74. The summed E-state index contributed by atoms with van der Waals surface area (Å²) < 4.78 is 0. The lowest BCUT2D eigenvalue weighted by molar-refractivity contribution is -0.118. The Morgan fingerprint density at radius 3 is 2.67 bits per heavy atom. The summed E-state index contributed by atoms with van der Waals surface area (Å²) >= 11 is 0. The van der Waals surface area contributed by atoms with Crippen molar-refractivity contribution in [2.45, 2.75) is 26.2 Å². The quantitative estimate of drug-likeness (QED) is 0.601. The van der Waals surface area contributed by atoms with Crippen molar-refractivity contribution in [2.24, 2.45) is 17.6 Å². The number of carbonyl (C=O) groups is 1. The van der Waals surface area contributed by atoms with Gasteiger partial charge in [-0.3, -0.25) is 4.79 Å². The average Bonchev–Trinajstić information content (AvgIpc) is 2.45. The summed E-state index contributed by atoms with van der Waals surface area (Å²) in [5, 5.41) is 0. The van der Waals surface area contributed by atoms with Crippen LogP contribution >= 0.6 is 0 Å². The molecule has 1 fully saturated rings. The highest BCUT2D eigenvalue weighted by atomic mass is 16.1. The summed E-state index contributed by atoms with van der Waals surface area (Å²) in [6.45, 7) is 2.16. The predicted octanol–water partition coefficient (Wildman–Crippen LogP) is 0.908. The van der Waals surface area contributed by atoms with Gasteiger partial charge in [-0.2, -0.15) is 0 Å². The van der Waals surface area contributed by atoms with Crippen molar-refractivity contribution >= 4 is 5.91 Å². The Morgan fingerprint density at radius 2 is 2.33 bits per heavy atom. The molecule has 9 heavy (non-hydrogen) atoms. The summed E-state index contributed by atoms with van der Waals surface area (Å²) in [7, 11) is 0. The smallest absolute Gasteiger partial charge is 0.217 e. The van der Waals surface area contributed by atoms with Crippen LogP contribution in [-0.2, 0) is 4.79 Å². The van der Waals surface area contributed by atoms with E-state index in [1.807, 2.05) is 0 Å². The fraction of sp³-hybridized carbons (Fsp3) is 0.857. The van der Waals surface area contributed by atoms with Crippen LogP contribution in [0.3, 0.4) is 0 Å². The first-order chi connectivity index (χ1) is 4.24. The van der Waals surface area contributed by atoms with Gasteiger partial charge >= 0.3 is 0 Å². The average molecular weight is 127 g/mol. The highest BCUT2D eigenvalue weighted by molar-refractivity contribution is 5.74. The van der Waals surface area contributed by atoms with Gasteiger partial charge in [0.2, 0.25) is 5.91 Å². The zero-order valence-electron chi connectivity index (χ0n) is 5.76. The Hall–Kier alpha value is -0.530. The maximum Gasteiger partial charge on any atom is 0.217 e. The Bertz CT molecular complexity index is 122. The lowest BCUT2D eigenvalue weighted by atomic mass is 10.2. The fourth-order valence-corrected chi connectivity index (χ4v) is 1.32. The van der Waals surface area contributed by atoms with Crippen LogP contribution in [0.4, 0.5) is 0 Å². The zero-order chi connectivity index (χ0) is 6.85. The first kappa shape index (κ1) is 6.59. The van der Waals surface area contributed by atoms with Crippen molar-refractivity contribution in [1.82, 2.24) is 0 Å². The van der Waals surface area contributed by atoms with Crippen LogP contribution in [0.25, 0.3) is 0 Å². The number of hydrogen-bond acceptors (Lipinski definition) is 1. The molecule has 0 aliphatic heterocycles. The fourth-order valence-electron chi connectivity index (χ4n) is 1.32. The molecule has 52 valence electrons. The van der Waals surface area contributed by atoms with Crippen LogP contribution in [0.1, 0.15) is 26.2 Å². The van der Waals surface area contributed by atoms with Crippen molar-refractivity contribution in [3.8, 4) is 0 Å². The van der Waals surface area contributed by atoms with E-state index < -0.39 is 0 Å². The first-order valence-electron chi connectivity index (χ1n) is 3.52. The van der Waals surface area contributed by atoms with Crippen LogP contribution in [-0.4, -0.2) is 5.91 Å². The molecule has 1 aliphatic carbocycles. The summed E-state index contributed by atoms with van der Waals surface area (Å²) in [6, 6.07) is 0. The molecule has 2 nitrogen and oxygen atoms in total. The molecular weight excluding hydrogens is 114 g/mol. The number of nitrogens with two attached hydrogens (primary N) is 1. The number of amides is 1. The summed E-state index contributed by atoms with van der Waals surface area (Å²) in [4.78, 5) is 10.3. The molecule has 0 spiro atoms. The number of rotatable bonds is 3. The highest BCUT2D eigenvalue weighted by Gasteiger charge is 2.35. The SMILES string of the molecule is CC[C@@H]1C[C@@H]1CC(N)=O. The lowest BCUT2D eigenvalue weighted by Crippen LogP contribution is -2.11. The molecule has 1 aliphatic rings. The monoisotopic (exact) mass is 127 g/mol. The molecule has 2 N–H and O–H groups in total. The van der Waals surface area contributed by atoms with Crippen molar-refractivity contribution in [3.63, 3.8) is 0 Å². The van der Waals surface area contributed by atoms with E-state index in [-0.39, 0.29) is 5.91 Å². The maximum absolute atomic E-state index is 10.3. The van der Waals surface area contributed by atoms with Crippen LogP contribution in [0.2, 0.25) is 0 Å². The largest absolute Gasteiger partial charge is 0.370 e. The third-order valence-corrected chi connectivity index (χ3v) is 2.06. The molecule has 1 amide bonds. The molecule has 0 bridgehead atoms. The zero-order valence-corrected chi connectivity index (χ0v) is 5.76. The van der Waals surface area contributed by atoms with Crippen molar-refractivity contribution < 1.29 is 4.79 Å². The number of carbonyl (C=O) groups excluding carboxylic acids is 1. The van der Waals surface area contributed by atoms with Gasteiger partial charge in [-0.15, -0.1) is 0 Å².